The van der Waals surface area contributed by atoms with Gasteiger partial charge in [0.15, 0.2) is 9.84 Å². The van der Waals surface area contributed by atoms with Crippen molar-refractivity contribution >= 4 is 9.84 Å². The van der Waals surface area contributed by atoms with E-state index in [2.05, 4.69) is 10.2 Å². The standard InChI is InChI=1S/C13H28N2O3S/c1-3-18-10-5-4-7-14-8-9-15(2)13-6-11-19(16,17)12-13/h13-14H,3-12H2,1-2H3. The van der Waals surface area contributed by atoms with Gasteiger partial charge in [-0.1, -0.05) is 0 Å². The van der Waals surface area contributed by atoms with E-state index in [1.54, 1.807) is 0 Å². The van der Waals surface area contributed by atoms with Crippen molar-refractivity contribution in [2.75, 3.05) is 51.4 Å². The molecule has 0 radical (unpaired) electrons. The van der Waals surface area contributed by atoms with Crippen LogP contribution < -0.4 is 5.32 Å². The summed E-state index contributed by atoms with van der Waals surface area (Å²) in [6, 6.07) is 0.213. The summed E-state index contributed by atoms with van der Waals surface area (Å²) < 4.78 is 28.1. The molecule has 114 valence electrons. The van der Waals surface area contributed by atoms with Gasteiger partial charge in [-0.3, -0.25) is 0 Å². The smallest absolute Gasteiger partial charge is 0.151 e. The summed E-state index contributed by atoms with van der Waals surface area (Å²) in [5, 5.41) is 3.39. The summed E-state index contributed by atoms with van der Waals surface area (Å²) in [4.78, 5) is 2.16. The third-order valence-corrected chi connectivity index (χ3v) is 5.32. The Labute approximate surface area is 117 Å². The number of hydrogen-bond donors (Lipinski definition) is 1. The molecule has 1 unspecified atom stereocenters. The van der Waals surface area contributed by atoms with Crippen LogP contribution in [0.4, 0.5) is 0 Å². The van der Waals surface area contributed by atoms with E-state index in [0.29, 0.717) is 11.5 Å². The maximum absolute atomic E-state index is 11.4. The van der Waals surface area contributed by atoms with Crippen LogP contribution in [0.15, 0.2) is 0 Å². The fraction of sp³-hybridized carbons (Fsp3) is 1.00. The lowest BCUT2D eigenvalue weighted by atomic mass is 10.2. The third-order valence-electron chi connectivity index (χ3n) is 3.57. The highest BCUT2D eigenvalue weighted by atomic mass is 32.2. The highest BCUT2D eigenvalue weighted by Crippen LogP contribution is 2.15. The van der Waals surface area contributed by atoms with Crippen LogP contribution >= 0.6 is 0 Å². The largest absolute Gasteiger partial charge is 0.382 e. The first-order chi connectivity index (χ1) is 9.05. The number of likely N-dealkylation sites (N-methyl/N-ethyl adjacent to an activating group) is 1. The van der Waals surface area contributed by atoms with Crippen LogP contribution in [0.3, 0.4) is 0 Å². The second kappa shape index (κ2) is 8.89. The van der Waals surface area contributed by atoms with Crippen molar-refractivity contribution in [1.82, 2.24) is 10.2 Å². The van der Waals surface area contributed by atoms with Crippen molar-refractivity contribution < 1.29 is 13.2 Å². The summed E-state index contributed by atoms with van der Waals surface area (Å²) in [6.07, 6.45) is 3.01. The minimum absolute atomic E-state index is 0.213. The highest BCUT2D eigenvalue weighted by molar-refractivity contribution is 7.91. The topological polar surface area (TPSA) is 58.6 Å². The van der Waals surface area contributed by atoms with Gasteiger partial charge in [0.25, 0.3) is 0 Å². The summed E-state index contributed by atoms with van der Waals surface area (Å²) in [7, 11) is -0.748. The van der Waals surface area contributed by atoms with E-state index in [-0.39, 0.29) is 6.04 Å². The zero-order valence-corrected chi connectivity index (χ0v) is 13.0. The number of sulfone groups is 1. The Morgan fingerprint density at radius 1 is 1.32 bits per heavy atom. The molecule has 1 rings (SSSR count). The van der Waals surface area contributed by atoms with Crippen LogP contribution in [0, 0.1) is 0 Å². The zero-order chi connectivity index (χ0) is 14.1. The molecular weight excluding hydrogens is 264 g/mol. The second-order valence-corrected chi connectivity index (χ2v) is 7.42. The van der Waals surface area contributed by atoms with Crippen LogP contribution in [0.1, 0.15) is 26.2 Å². The van der Waals surface area contributed by atoms with Crippen LogP contribution in [0.5, 0.6) is 0 Å². The maximum Gasteiger partial charge on any atom is 0.151 e. The van der Waals surface area contributed by atoms with Gasteiger partial charge in [0.2, 0.25) is 0 Å². The Hall–Kier alpha value is -0.170. The highest BCUT2D eigenvalue weighted by Gasteiger charge is 2.30. The maximum atomic E-state index is 11.4. The van der Waals surface area contributed by atoms with Gasteiger partial charge in [0.1, 0.15) is 0 Å². The van der Waals surface area contributed by atoms with Gasteiger partial charge in [0, 0.05) is 32.3 Å². The Balaban J connectivity index is 1.97. The summed E-state index contributed by atoms with van der Waals surface area (Å²) in [6.45, 7) is 6.48. The molecule has 1 heterocycles. The molecule has 6 heteroatoms. The predicted octanol–water partition coefficient (Wildman–Crippen LogP) is 0.512. The van der Waals surface area contributed by atoms with Crippen molar-refractivity contribution in [3.05, 3.63) is 0 Å². The quantitative estimate of drug-likeness (QED) is 0.595. The molecule has 0 aromatic rings. The number of ether oxygens (including phenoxy) is 1. The molecule has 1 N–H and O–H groups in total. The van der Waals surface area contributed by atoms with Crippen LogP contribution in [0.25, 0.3) is 0 Å². The van der Waals surface area contributed by atoms with Crippen LogP contribution in [-0.2, 0) is 14.6 Å². The Kier molecular flexibility index (Phi) is 7.90. The third kappa shape index (κ3) is 7.25. The second-order valence-electron chi connectivity index (χ2n) is 5.19. The molecule has 0 aromatic heterocycles. The zero-order valence-electron chi connectivity index (χ0n) is 12.2. The van der Waals surface area contributed by atoms with Gasteiger partial charge < -0.3 is 15.0 Å². The van der Waals surface area contributed by atoms with Crippen LogP contribution in [0.2, 0.25) is 0 Å². The van der Waals surface area contributed by atoms with E-state index in [4.69, 9.17) is 4.74 Å². The number of nitrogens with one attached hydrogen (secondary N) is 1. The lowest BCUT2D eigenvalue weighted by Crippen LogP contribution is -2.37. The normalized spacial score (nSPS) is 22.2. The van der Waals surface area contributed by atoms with Gasteiger partial charge in [0.05, 0.1) is 11.5 Å². The first-order valence-corrected chi connectivity index (χ1v) is 9.06. The molecule has 1 atom stereocenters. The lowest BCUT2D eigenvalue weighted by Gasteiger charge is -2.23. The van der Waals surface area contributed by atoms with E-state index in [9.17, 15) is 8.42 Å². The molecule has 0 bridgehead atoms. The lowest BCUT2D eigenvalue weighted by molar-refractivity contribution is 0.143. The van der Waals surface area contributed by atoms with Crippen molar-refractivity contribution in [2.24, 2.45) is 0 Å². The van der Waals surface area contributed by atoms with Gasteiger partial charge in [-0.05, 0) is 39.8 Å². The fourth-order valence-corrected chi connectivity index (χ4v) is 4.09. The summed E-state index contributed by atoms with van der Waals surface area (Å²) in [5.41, 5.74) is 0. The molecule has 5 nitrogen and oxygen atoms in total. The molecule has 0 saturated carbocycles. The summed E-state index contributed by atoms with van der Waals surface area (Å²) in [5.74, 6) is 0.685. The molecule has 0 aliphatic carbocycles. The molecule has 19 heavy (non-hydrogen) atoms. The number of hydrogen-bond acceptors (Lipinski definition) is 5. The summed E-state index contributed by atoms with van der Waals surface area (Å²) >= 11 is 0. The van der Waals surface area contributed by atoms with E-state index in [0.717, 1.165) is 52.1 Å². The van der Waals surface area contributed by atoms with Gasteiger partial charge in [-0.2, -0.15) is 0 Å². The average molecular weight is 292 g/mol. The molecule has 1 saturated heterocycles. The van der Waals surface area contributed by atoms with E-state index >= 15 is 0 Å². The monoisotopic (exact) mass is 292 g/mol. The van der Waals surface area contributed by atoms with Gasteiger partial charge in [-0.25, -0.2) is 8.42 Å². The van der Waals surface area contributed by atoms with Gasteiger partial charge >= 0.3 is 0 Å². The Bertz CT molecular complexity index is 333. The van der Waals surface area contributed by atoms with E-state index < -0.39 is 9.84 Å². The molecule has 0 spiro atoms. The molecule has 0 amide bonds. The Morgan fingerprint density at radius 3 is 2.74 bits per heavy atom. The first-order valence-electron chi connectivity index (χ1n) is 7.24. The minimum atomic E-state index is -2.76. The number of rotatable bonds is 10. The minimum Gasteiger partial charge on any atom is -0.382 e. The molecule has 0 aromatic carbocycles. The first kappa shape index (κ1) is 16.9. The SMILES string of the molecule is CCOCCCCNCCN(C)C1CCS(=O)(=O)C1. The van der Waals surface area contributed by atoms with E-state index in [1.165, 1.54) is 0 Å². The Morgan fingerprint density at radius 2 is 2.11 bits per heavy atom. The van der Waals surface area contributed by atoms with Gasteiger partial charge in [-0.15, -0.1) is 0 Å². The predicted molar refractivity (Wildman–Crippen MR) is 78.3 cm³/mol. The average Bonchev–Trinajstić information content (AvgIpc) is 2.73. The fourth-order valence-electron chi connectivity index (χ4n) is 2.28. The van der Waals surface area contributed by atoms with E-state index in [1.807, 2.05) is 14.0 Å². The molecule has 1 fully saturated rings. The molecule has 1 aliphatic heterocycles. The number of nitrogens with zero attached hydrogens (tertiary/aromatic N) is 1. The van der Waals surface area contributed by atoms with Crippen molar-refractivity contribution in [3.63, 3.8) is 0 Å². The van der Waals surface area contributed by atoms with Crippen molar-refractivity contribution in [3.8, 4) is 0 Å². The van der Waals surface area contributed by atoms with Crippen LogP contribution in [-0.4, -0.2) is 70.8 Å². The molecular formula is C13H28N2O3S. The van der Waals surface area contributed by atoms with Crippen molar-refractivity contribution in [2.45, 2.75) is 32.2 Å². The van der Waals surface area contributed by atoms with Crippen molar-refractivity contribution in [1.29, 1.82) is 0 Å². The molecule has 1 aliphatic rings. The number of unbranched alkanes of at least 4 members (excludes halogenated alkanes) is 1.